The summed E-state index contributed by atoms with van der Waals surface area (Å²) in [7, 11) is 0. The number of nitrogens with zero attached hydrogens (tertiary/aromatic N) is 4. The largest absolute Gasteiger partial charge is 0.390 e. The second-order valence-corrected chi connectivity index (χ2v) is 12.5. The minimum Gasteiger partial charge on any atom is -0.390 e. The summed E-state index contributed by atoms with van der Waals surface area (Å²) in [5.41, 5.74) is 1.05. The molecule has 4 fully saturated rings. The van der Waals surface area contributed by atoms with Crippen molar-refractivity contribution < 1.29 is 18.7 Å². The van der Waals surface area contributed by atoms with Crippen molar-refractivity contribution in [1.29, 1.82) is 0 Å². The van der Waals surface area contributed by atoms with Gasteiger partial charge in [0.05, 0.1) is 17.3 Å². The first-order chi connectivity index (χ1) is 17.1. The number of carbonyl (C=O) groups is 1. The van der Waals surface area contributed by atoms with Crippen molar-refractivity contribution in [2.75, 3.05) is 36.1 Å². The van der Waals surface area contributed by atoms with E-state index >= 15 is 0 Å². The molecule has 6 nitrogen and oxygen atoms in total. The summed E-state index contributed by atoms with van der Waals surface area (Å²) in [6.07, 6.45) is 8.33. The standard InChI is InChI=1S/C28H38F2N4O2/c1-25(7-8-25)24(35)33-16-11-27(36,12-17-33)18-23-6-13-31-34(23)22-4-2-21(3-5-22)32-14-9-26(10-15-32)19-28(29,30)20-26/h2-5,13,23,36H,6-12,14-20H2,1H3. The fourth-order valence-corrected chi connectivity index (χ4v) is 6.90. The molecule has 0 aromatic heterocycles. The molecule has 2 saturated heterocycles. The summed E-state index contributed by atoms with van der Waals surface area (Å²) in [6.45, 7) is 4.95. The summed E-state index contributed by atoms with van der Waals surface area (Å²) < 4.78 is 26.8. The third-order valence-corrected chi connectivity index (χ3v) is 9.61. The second-order valence-electron chi connectivity index (χ2n) is 12.5. The van der Waals surface area contributed by atoms with Crippen molar-refractivity contribution >= 4 is 23.5 Å². The Hall–Kier alpha value is -2.22. The lowest BCUT2D eigenvalue weighted by Crippen LogP contribution is -2.52. The van der Waals surface area contributed by atoms with Gasteiger partial charge >= 0.3 is 0 Å². The van der Waals surface area contributed by atoms with E-state index in [9.17, 15) is 18.7 Å². The van der Waals surface area contributed by atoms with Gasteiger partial charge in [-0.15, -0.1) is 0 Å². The highest BCUT2D eigenvalue weighted by Crippen LogP contribution is 2.57. The zero-order chi connectivity index (χ0) is 25.2. The zero-order valence-corrected chi connectivity index (χ0v) is 21.3. The van der Waals surface area contributed by atoms with Crippen molar-refractivity contribution in [1.82, 2.24) is 4.90 Å². The van der Waals surface area contributed by atoms with Crippen LogP contribution in [0.5, 0.6) is 0 Å². The molecule has 2 saturated carbocycles. The van der Waals surface area contributed by atoms with Crippen LogP contribution < -0.4 is 9.91 Å². The summed E-state index contributed by atoms with van der Waals surface area (Å²) in [5, 5.41) is 18.0. The molecule has 1 amide bonds. The maximum Gasteiger partial charge on any atom is 0.249 e. The smallest absolute Gasteiger partial charge is 0.249 e. The monoisotopic (exact) mass is 500 g/mol. The molecule has 1 atom stereocenters. The first-order valence-corrected chi connectivity index (χ1v) is 13.6. The quantitative estimate of drug-likeness (QED) is 0.630. The number of hydrazone groups is 1. The van der Waals surface area contributed by atoms with Crippen LogP contribution in [-0.2, 0) is 4.79 Å². The number of likely N-dealkylation sites (tertiary alicyclic amines) is 1. The normalized spacial score (nSPS) is 29.3. The molecule has 1 aromatic rings. The van der Waals surface area contributed by atoms with Crippen LogP contribution in [0.4, 0.5) is 20.2 Å². The van der Waals surface area contributed by atoms with Gasteiger partial charge in [0, 0.05) is 62.8 Å². The lowest BCUT2D eigenvalue weighted by molar-refractivity contribution is -0.168. The highest BCUT2D eigenvalue weighted by molar-refractivity contribution is 5.85. The predicted octanol–water partition coefficient (Wildman–Crippen LogP) is 4.81. The molecule has 0 bridgehead atoms. The number of carbonyl (C=O) groups excluding carboxylic acids is 1. The van der Waals surface area contributed by atoms with Gasteiger partial charge in [0.15, 0.2) is 0 Å². The second kappa shape index (κ2) is 8.40. The van der Waals surface area contributed by atoms with Gasteiger partial charge in [-0.1, -0.05) is 6.92 Å². The minimum atomic E-state index is -2.45. The summed E-state index contributed by atoms with van der Waals surface area (Å²) in [6, 6.07) is 8.46. The van der Waals surface area contributed by atoms with Crippen molar-refractivity contribution in [3.05, 3.63) is 24.3 Å². The third kappa shape index (κ3) is 4.50. The maximum atomic E-state index is 13.4. The van der Waals surface area contributed by atoms with E-state index in [2.05, 4.69) is 34.3 Å². The van der Waals surface area contributed by atoms with E-state index in [4.69, 9.17) is 0 Å². The van der Waals surface area contributed by atoms with Gasteiger partial charge in [-0.3, -0.25) is 9.80 Å². The maximum absolute atomic E-state index is 13.4. The molecule has 8 heteroatoms. The Morgan fingerprint density at radius 3 is 2.17 bits per heavy atom. The Morgan fingerprint density at radius 1 is 0.972 bits per heavy atom. The number of rotatable bonds is 5. The van der Waals surface area contributed by atoms with Crippen LogP contribution in [0.2, 0.25) is 0 Å². The third-order valence-electron chi connectivity index (χ3n) is 9.61. The highest BCUT2D eigenvalue weighted by atomic mass is 19.3. The summed E-state index contributed by atoms with van der Waals surface area (Å²) in [5.74, 6) is -2.20. The van der Waals surface area contributed by atoms with Gasteiger partial charge in [0.1, 0.15) is 0 Å². The Labute approximate surface area is 212 Å². The number of hydrogen-bond acceptors (Lipinski definition) is 5. The molecule has 196 valence electrons. The molecule has 6 rings (SSSR count). The molecular weight excluding hydrogens is 462 g/mol. The average Bonchev–Trinajstić information content (AvgIpc) is 3.43. The lowest BCUT2D eigenvalue weighted by Gasteiger charge is -2.52. The van der Waals surface area contributed by atoms with E-state index in [0.717, 1.165) is 56.6 Å². The minimum absolute atomic E-state index is 0.0567. The number of benzene rings is 1. The fraction of sp³-hybridized carbons (Fsp3) is 0.714. The number of amides is 1. The van der Waals surface area contributed by atoms with Crippen LogP contribution >= 0.6 is 0 Å². The Morgan fingerprint density at radius 2 is 1.58 bits per heavy atom. The van der Waals surface area contributed by atoms with Gasteiger partial charge in [-0.05, 0) is 74.6 Å². The van der Waals surface area contributed by atoms with Gasteiger partial charge in [-0.25, -0.2) is 8.78 Å². The summed E-state index contributed by atoms with van der Waals surface area (Å²) in [4.78, 5) is 16.9. The number of anilines is 2. The van der Waals surface area contributed by atoms with Crippen LogP contribution in [0.25, 0.3) is 0 Å². The number of piperidine rings is 2. The van der Waals surface area contributed by atoms with E-state index < -0.39 is 11.5 Å². The molecule has 2 aliphatic carbocycles. The van der Waals surface area contributed by atoms with Crippen LogP contribution in [-0.4, -0.2) is 65.9 Å². The highest BCUT2D eigenvalue weighted by Gasteiger charge is 2.56. The fourth-order valence-electron chi connectivity index (χ4n) is 6.90. The van der Waals surface area contributed by atoms with Gasteiger partial charge in [0.2, 0.25) is 11.8 Å². The molecule has 1 N–H and O–H groups in total. The molecule has 1 spiro atoms. The molecule has 5 aliphatic rings. The van der Waals surface area contributed by atoms with E-state index in [1.54, 1.807) is 0 Å². The van der Waals surface area contributed by atoms with Crippen LogP contribution in [0.1, 0.15) is 71.1 Å². The number of hydrogen-bond donors (Lipinski definition) is 1. The van der Waals surface area contributed by atoms with Gasteiger partial charge in [-0.2, -0.15) is 5.10 Å². The molecule has 0 radical (unpaired) electrons. The zero-order valence-electron chi connectivity index (χ0n) is 21.3. The molecular formula is C28H38F2N4O2. The van der Waals surface area contributed by atoms with E-state index in [0.29, 0.717) is 32.4 Å². The molecule has 3 aliphatic heterocycles. The molecule has 1 unspecified atom stereocenters. The van der Waals surface area contributed by atoms with Crippen molar-refractivity contribution in [3.8, 4) is 0 Å². The van der Waals surface area contributed by atoms with Crippen molar-refractivity contribution in [2.45, 2.75) is 88.7 Å². The predicted molar refractivity (Wildman–Crippen MR) is 137 cm³/mol. The Kier molecular flexibility index (Phi) is 5.63. The first-order valence-electron chi connectivity index (χ1n) is 13.6. The molecule has 1 aromatic carbocycles. The van der Waals surface area contributed by atoms with E-state index in [1.807, 2.05) is 23.0 Å². The van der Waals surface area contributed by atoms with Crippen LogP contribution in [0, 0.1) is 10.8 Å². The summed E-state index contributed by atoms with van der Waals surface area (Å²) >= 11 is 0. The van der Waals surface area contributed by atoms with Gasteiger partial charge in [0.25, 0.3) is 0 Å². The van der Waals surface area contributed by atoms with E-state index in [1.165, 1.54) is 0 Å². The molecule has 3 heterocycles. The Bertz CT molecular complexity index is 1010. The van der Waals surface area contributed by atoms with Crippen molar-refractivity contribution in [2.24, 2.45) is 15.9 Å². The van der Waals surface area contributed by atoms with E-state index in [-0.39, 0.29) is 35.6 Å². The lowest BCUT2D eigenvalue weighted by atomic mass is 9.61. The Balaban J connectivity index is 1.04. The van der Waals surface area contributed by atoms with Crippen LogP contribution in [0.3, 0.4) is 0 Å². The number of aliphatic hydroxyl groups is 1. The first kappa shape index (κ1) is 24.1. The SMILES string of the molecule is CC1(C(=O)N2CCC(O)(CC3CC=NN3c3ccc(N4CCC5(CC4)CC(F)(F)C5)cc3)CC2)CC1. The van der Waals surface area contributed by atoms with Gasteiger partial charge < -0.3 is 14.9 Å². The van der Waals surface area contributed by atoms with Crippen molar-refractivity contribution in [3.63, 3.8) is 0 Å². The average molecular weight is 501 g/mol. The van der Waals surface area contributed by atoms with Crippen LogP contribution in [0.15, 0.2) is 29.4 Å². The number of halogens is 2. The topological polar surface area (TPSA) is 59.4 Å². The molecule has 36 heavy (non-hydrogen) atoms. The number of alkyl halides is 2.